The van der Waals surface area contributed by atoms with Crippen LogP contribution >= 0.6 is 0 Å². The number of rotatable bonds is 15. The smallest absolute Gasteiger partial charge is 0.152 e. The molecule has 0 spiro atoms. The first-order chi connectivity index (χ1) is 44.3. The lowest BCUT2D eigenvalue weighted by atomic mass is 9.84. The Morgan fingerprint density at radius 2 is 0.710 bits per heavy atom. The lowest BCUT2D eigenvalue weighted by Gasteiger charge is -2.34. The molecule has 4 nitrogen and oxygen atoms in total. The number of aryl methyl sites for hydroxylation is 2. The monoisotopic (exact) mass is 1220 g/mol. The van der Waals surface area contributed by atoms with E-state index in [1.165, 1.54) is 57.3 Å². The fourth-order valence-corrected chi connectivity index (χ4v) is 13.1. The molecule has 11 aromatic rings. The van der Waals surface area contributed by atoms with Gasteiger partial charge in [-0.15, -0.1) is 0 Å². The molecule has 1 aliphatic rings. The quantitative estimate of drug-likeness (QED) is 0.0957. The fourth-order valence-electron chi connectivity index (χ4n) is 13.1. The van der Waals surface area contributed by atoms with Gasteiger partial charge in [-0.3, -0.25) is 0 Å². The third-order valence-electron chi connectivity index (χ3n) is 18.9. The average Bonchev–Trinajstić information content (AvgIpc) is 0.750. The molecule has 4 heteroatoms. The van der Waals surface area contributed by atoms with E-state index < -0.39 is 0 Å². The van der Waals surface area contributed by atoms with Crippen molar-refractivity contribution in [3.8, 4) is 101 Å². The predicted molar refractivity (Wildman–Crippen MR) is 397 cm³/mol. The SMILES string of the molecule is CCCCCCOc1c(C)ccc2c(OC)c(-c3ccc4c(c3)Oc3cc(C)ccc3N4c3cc(-c4cc(-c5ccc(C(C)(C)C)cc5)cc(-c5ccc(C(C)(C)C)cc5)c4)cc(-c4cc(-c5ccc(C(C)(C)C)cc5)cc(-c5ccc(C(C)(C)C)cc5)c4)c3)ccc12. The molecule has 0 saturated heterocycles. The second-order valence-corrected chi connectivity index (χ2v) is 30.1. The van der Waals surface area contributed by atoms with Gasteiger partial charge >= 0.3 is 0 Å². The molecule has 93 heavy (non-hydrogen) atoms. The molecule has 0 radical (unpaired) electrons. The van der Waals surface area contributed by atoms with Crippen molar-refractivity contribution in [2.24, 2.45) is 0 Å². The third-order valence-corrected chi connectivity index (χ3v) is 18.9. The van der Waals surface area contributed by atoms with Crippen molar-refractivity contribution in [1.82, 2.24) is 0 Å². The molecule has 1 heterocycles. The van der Waals surface area contributed by atoms with E-state index in [0.717, 1.165) is 130 Å². The van der Waals surface area contributed by atoms with Gasteiger partial charge in [0.05, 0.1) is 25.1 Å². The largest absolute Gasteiger partial charge is 0.495 e. The Bertz CT molecular complexity index is 4210. The fraction of sp³-hybridized carbons (Fsp3) is 0.281. The van der Waals surface area contributed by atoms with Gasteiger partial charge < -0.3 is 19.1 Å². The molecule has 0 fully saturated rings. The van der Waals surface area contributed by atoms with Crippen molar-refractivity contribution in [1.29, 1.82) is 0 Å². The summed E-state index contributed by atoms with van der Waals surface area (Å²) in [4.78, 5) is 2.41. The zero-order valence-electron chi connectivity index (χ0n) is 57.9. The molecule has 1 aliphatic heterocycles. The first-order valence-electron chi connectivity index (χ1n) is 33.7. The molecule has 12 rings (SSSR count). The zero-order valence-corrected chi connectivity index (χ0v) is 57.9. The molecule has 0 amide bonds. The summed E-state index contributed by atoms with van der Waals surface area (Å²) >= 11 is 0. The Morgan fingerprint density at radius 1 is 0.344 bits per heavy atom. The van der Waals surface area contributed by atoms with Crippen LogP contribution in [0.2, 0.25) is 0 Å². The van der Waals surface area contributed by atoms with Gasteiger partial charge in [-0.1, -0.05) is 231 Å². The number of benzene rings is 11. The number of hydrogen-bond acceptors (Lipinski definition) is 4. The summed E-state index contributed by atoms with van der Waals surface area (Å²) in [6, 6.07) is 80.3. The van der Waals surface area contributed by atoms with E-state index in [2.05, 4.69) is 321 Å². The molecule has 0 aliphatic carbocycles. The van der Waals surface area contributed by atoms with Crippen LogP contribution < -0.4 is 19.1 Å². The summed E-state index contributed by atoms with van der Waals surface area (Å²) in [7, 11) is 1.78. The van der Waals surface area contributed by atoms with Crippen molar-refractivity contribution in [3.63, 3.8) is 0 Å². The Hall–Kier alpha value is -9.12. The van der Waals surface area contributed by atoms with Gasteiger partial charge in [-0.2, -0.15) is 0 Å². The van der Waals surface area contributed by atoms with Crippen molar-refractivity contribution in [3.05, 3.63) is 246 Å². The molecule has 0 N–H and O–H groups in total. The highest BCUT2D eigenvalue weighted by molar-refractivity contribution is 6.00. The van der Waals surface area contributed by atoms with Crippen molar-refractivity contribution < 1.29 is 14.2 Å². The van der Waals surface area contributed by atoms with Crippen LogP contribution in [0.5, 0.6) is 23.0 Å². The van der Waals surface area contributed by atoms with E-state index in [1.54, 1.807) is 7.11 Å². The average molecular weight is 1220 g/mol. The molecule has 0 bridgehead atoms. The van der Waals surface area contributed by atoms with E-state index >= 15 is 0 Å². The van der Waals surface area contributed by atoms with Crippen molar-refractivity contribution in [2.75, 3.05) is 18.6 Å². The Kier molecular flexibility index (Phi) is 17.5. The minimum absolute atomic E-state index is 0.0206. The number of nitrogens with zero attached hydrogens (tertiary/aromatic N) is 1. The molecule has 0 saturated carbocycles. The minimum atomic E-state index is 0.0206. The summed E-state index contributed by atoms with van der Waals surface area (Å²) in [5, 5.41) is 2.07. The van der Waals surface area contributed by atoms with Crippen LogP contribution in [0, 0.1) is 13.8 Å². The lowest BCUT2D eigenvalue weighted by molar-refractivity contribution is 0.306. The van der Waals surface area contributed by atoms with Crippen LogP contribution in [-0.2, 0) is 21.7 Å². The molecule has 0 atom stereocenters. The number of ether oxygens (including phenoxy) is 3. The van der Waals surface area contributed by atoms with Crippen molar-refractivity contribution >= 4 is 27.8 Å². The highest BCUT2D eigenvalue weighted by atomic mass is 16.5. The molecule has 472 valence electrons. The zero-order chi connectivity index (χ0) is 65.7. The third kappa shape index (κ3) is 13.6. The Morgan fingerprint density at radius 3 is 1.12 bits per heavy atom. The summed E-state index contributed by atoms with van der Waals surface area (Å²) in [5.74, 6) is 3.27. The Labute approximate surface area is 555 Å². The summed E-state index contributed by atoms with van der Waals surface area (Å²) < 4.78 is 20.1. The first-order valence-corrected chi connectivity index (χ1v) is 33.7. The molecule has 11 aromatic carbocycles. The van der Waals surface area contributed by atoms with Gasteiger partial charge in [0.25, 0.3) is 0 Å². The van der Waals surface area contributed by atoms with Crippen LogP contribution in [0.25, 0.3) is 88.7 Å². The first kappa shape index (κ1) is 64.0. The maximum Gasteiger partial charge on any atom is 0.152 e. The van der Waals surface area contributed by atoms with Gasteiger partial charge in [0.1, 0.15) is 11.5 Å². The van der Waals surface area contributed by atoms with Crippen LogP contribution in [0.15, 0.2) is 212 Å². The van der Waals surface area contributed by atoms with E-state index in [0.29, 0.717) is 6.61 Å². The van der Waals surface area contributed by atoms with Gasteiger partial charge in [0.15, 0.2) is 11.5 Å². The van der Waals surface area contributed by atoms with Crippen LogP contribution in [0.4, 0.5) is 17.1 Å². The number of methoxy groups -OCH3 is 1. The minimum Gasteiger partial charge on any atom is -0.495 e. The second-order valence-electron chi connectivity index (χ2n) is 30.1. The number of unbranched alkanes of at least 4 members (excludes halogenated alkanes) is 3. The van der Waals surface area contributed by atoms with E-state index in [9.17, 15) is 0 Å². The highest BCUT2D eigenvalue weighted by Crippen LogP contribution is 2.54. The van der Waals surface area contributed by atoms with Crippen LogP contribution in [0.3, 0.4) is 0 Å². The molecular formula is C89H93NO3. The van der Waals surface area contributed by atoms with E-state index in [4.69, 9.17) is 14.2 Å². The van der Waals surface area contributed by atoms with Crippen LogP contribution in [-0.4, -0.2) is 13.7 Å². The topological polar surface area (TPSA) is 30.9 Å². The van der Waals surface area contributed by atoms with Gasteiger partial charge in [0.2, 0.25) is 0 Å². The van der Waals surface area contributed by atoms with Crippen LogP contribution in [0.1, 0.15) is 149 Å². The normalized spacial score (nSPS) is 12.6. The number of hydrogen-bond donors (Lipinski definition) is 0. The van der Waals surface area contributed by atoms with Gasteiger partial charge in [-0.05, 0) is 239 Å². The van der Waals surface area contributed by atoms with Crippen molar-refractivity contribution in [2.45, 2.75) is 151 Å². The highest BCUT2D eigenvalue weighted by Gasteiger charge is 2.29. The van der Waals surface area contributed by atoms with Gasteiger partial charge in [0, 0.05) is 22.0 Å². The summed E-state index contributed by atoms with van der Waals surface area (Å²) in [5.41, 5.74) is 26.2. The maximum absolute atomic E-state index is 7.14. The summed E-state index contributed by atoms with van der Waals surface area (Å²) in [6.45, 7) is 34.6. The maximum atomic E-state index is 7.14. The number of anilines is 3. The number of fused-ring (bicyclic) bond motifs is 3. The Balaban J connectivity index is 1.08. The lowest BCUT2D eigenvalue weighted by Crippen LogP contribution is -2.16. The van der Waals surface area contributed by atoms with Gasteiger partial charge in [-0.25, -0.2) is 0 Å². The van der Waals surface area contributed by atoms with E-state index in [-0.39, 0.29) is 21.7 Å². The van der Waals surface area contributed by atoms with E-state index in [1.807, 2.05) is 0 Å². The molecular weight excluding hydrogens is 1130 g/mol. The predicted octanol–water partition coefficient (Wildman–Crippen LogP) is 25.9. The standard InChI is InChI=1S/C89H93NO3/c1-17-18-19-20-45-92-84-58(3)22-40-79-78(84)42-41-77(85(79)91-16)63-31-44-81-83(56-63)93-82-46-57(2)21-43-80(82)90(81)76-54-70(68-49-64(59-23-32-72(33-24-59)86(4,5)6)47-65(50-68)60-25-34-73(35-26-60)87(7,8)9)53-71(55-76)69-51-66(61-27-36-74(37-28-61)88(10,11)12)48-67(52-69)62-29-38-75(39-30-62)89(13,14)15/h21-44,46-56H,17-20,45H2,1-16H3. The molecule has 0 unspecified atom stereocenters. The molecule has 0 aromatic heterocycles. The second kappa shape index (κ2) is 25.4. The summed E-state index contributed by atoms with van der Waals surface area (Å²) in [6.07, 6.45) is 4.59.